The van der Waals surface area contributed by atoms with Crippen molar-refractivity contribution in [1.82, 2.24) is 4.90 Å². The Morgan fingerprint density at radius 1 is 1.37 bits per heavy atom. The van der Waals surface area contributed by atoms with E-state index in [1.54, 1.807) is 22.3 Å². The number of nitrogens with zero attached hydrogens (tertiary/aromatic N) is 1. The summed E-state index contributed by atoms with van der Waals surface area (Å²) in [4.78, 5) is 15.3. The largest absolute Gasteiger partial charge is 0.398 e. The maximum Gasteiger partial charge on any atom is 0.255 e. The minimum atomic E-state index is -0.0194. The number of aryl methyl sites for hydroxylation is 1. The molecule has 100 valence electrons. The Kier molecular flexibility index (Phi) is 4.22. The van der Waals surface area contributed by atoms with E-state index in [1.165, 1.54) is 4.88 Å². The molecule has 2 aromatic rings. The Balaban J connectivity index is 2.02. The molecular weight excluding hydrogens is 256 g/mol. The van der Waals surface area contributed by atoms with E-state index in [1.807, 2.05) is 32.2 Å². The van der Waals surface area contributed by atoms with Crippen molar-refractivity contribution >= 4 is 22.9 Å². The predicted octanol–water partition coefficient (Wildman–Crippen LogP) is 2.95. The minimum absolute atomic E-state index is 0.0194. The van der Waals surface area contributed by atoms with Crippen LogP contribution in [0.5, 0.6) is 0 Å². The molecule has 0 radical (unpaired) electrons. The second-order valence-electron chi connectivity index (χ2n) is 4.65. The van der Waals surface area contributed by atoms with E-state index < -0.39 is 0 Å². The van der Waals surface area contributed by atoms with Crippen LogP contribution in [0, 0.1) is 6.92 Å². The van der Waals surface area contributed by atoms with Gasteiger partial charge in [-0.15, -0.1) is 11.3 Å². The van der Waals surface area contributed by atoms with Gasteiger partial charge >= 0.3 is 0 Å². The van der Waals surface area contributed by atoms with Crippen molar-refractivity contribution in [3.8, 4) is 0 Å². The fourth-order valence-electron chi connectivity index (χ4n) is 1.92. The summed E-state index contributed by atoms with van der Waals surface area (Å²) in [5.41, 5.74) is 8.10. The zero-order valence-corrected chi connectivity index (χ0v) is 12.0. The van der Waals surface area contributed by atoms with Crippen LogP contribution in [0.4, 0.5) is 5.69 Å². The first-order chi connectivity index (χ1) is 9.08. The molecule has 2 N–H and O–H groups in total. The van der Waals surface area contributed by atoms with E-state index in [2.05, 4.69) is 11.4 Å². The maximum absolute atomic E-state index is 12.3. The molecule has 1 amide bonds. The summed E-state index contributed by atoms with van der Waals surface area (Å²) in [6.45, 7) is 2.66. The van der Waals surface area contributed by atoms with Crippen LogP contribution in [-0.4, -0.2) is 24.4 Å². The number of likely N-dealkylation sites (N-methyl/N-ethyl adjacent to an activating group) is 1. The molecule has 0 unspecified atom stereocenters. The van der Waals surface area contributed by atoms with Crippen molar-refractivity contribution in [2.45, 2.75) is 13.3 Å². The molecule has 1 aromatic carbocycles. The predicted molar refractivity (Wildman–Crippen MR) is 80.6 cm³/mol. The molecule has 1 heterocycles. The number of hydrogen-bond acceptors (Lipinski definition) is 3. The topological polar surface area (TPSA) is 46.3 Å². The highest BCUT2D eigenvalue weighted by Gasteiger charge is 2.14. The molecule has 0 aliphatic rings. The molecular formula is C15H18N2OS. The summed E-state index contributed by atoms with van der Waals surface area (Å²) in [6.07, 6.45) is 0.881. The van der Waals surface area contributed by atoms with Crippen molar-refractivity contribution in [1.29, 1.82) is 0 Å². The Morgan fingerprint density at radius 2 is 2.16 bits per heavy atom. The zero-order valence-electron chi connectivity index (χ0n) is 11.2. The second kappa shape index (κ2) is 5.89. The molecule has 1 aromatic heterocycles. The van der Waals surface area contributed by atoms with Crippen molar-refractivity contribution in [2.75, 3.05) is 19.3 Å². The lowest BCUT2D eigenvalue weighted by molar-refractivity contribution is 0.0798. The van der Waals surface area contributed by atoms with Gasteiger partial charge in [-0.1, -0.05) is 12.1 Å². The van der Waals surface area contributed by atoms with Crippen molar-refractivity contribution in [2.24, 2.45) is 0 Å². The van der Waals surface area contributed by atoms with E-state index in [9.17, 15) is 4.79 Å². The lowest BCUT2D eigenvalue weighted by Crippen LogP contribution is -2.29. The van der Waals surface area contributed by atoms with Gasteiger partial charge in [0.15, 0.2) is 0 Å². The Bertz CT molecular complexity index is 564. The quantitative estimate of drug-likeness (QED) is 0.871. The molecule has 3 nitrogen and oxygen atoms in total. The molecule has 4 heteroatoms. The summed E-state index contributed by atoms with van der Waals surface area (Å²) < 4.78 is 0. The number of carbonyl (C=O) groups is 1. The van der Waals surface area contributed by atoms with Crippen LogP contribution in [0.3, 0.4) is 0 Å². The second-order valence-corrected chi connectivity index (χ2v) is 5.68. The highest BCUT2D eigenvalue weighted by molar-refractivity contribution is 7.09. The first-order valence-corrected chi connectivity index (χ1v) is 7.10. The van der Waals surface area contributed by atoms with Crippen LogP contribution >= 0.6 is 11.3 Å². The number of carbonyl (C=O) groups excluding carboxylic acids is 1. The Labute approximate surface area is 117 Å². The summed E-state index contributed by atoms with van der Waals surface area (Å²) in [5, 5.41) is 2.05. The van der Waals surface area contributed by atoms with E-state index in [0.29, 0.717) is 17.8 Å². The lowest BCUT2D eigenvalue weighted by Gasteiger charge is -2.18. The van der Waals surface area contributed by atoms with E-state index in [-0.39, 0.29) is 5.91 Å². The van der Waals surface area contributed by atoms with Crippen LogP contribution in [0.2, 0.25) is 0 Å². The summed E-state index contributed by atoms with van der Waals surface area (Å²) in [5.74, 6) is -0.0194. The summed E-state index contributed by atoms with van der Waals surface area (Å²) in [6, 6.07) is 9.66. The number of nitrogens with two attached hydrogens (primary N) is 1. The first kappa shape index (κ1) is 13.6. The highest BCUT2D eigenvalue weighted by Crippen LogP contribution is 2.16. The number of amides is 1. The van der Waals surface area contributed by atoms with E-state index in [0.717, 1.165) is 12.0 Å². The standard InChI is InChI=1S/C15H18N2OS/c1-11-5-6-13(14(16)10-11)15(18)17(2)8-7-12-4-3-9-19-12/h3-6,9-10H,7-8,16H2,1-2H3. The lowest BCUT2D eigenvalue weighted by atomic mass is 10.1. The number of nitrogen functional groups attached to an aromatic ring is 1. The monoisotopic (exact) mass is 274 g/mol. The van der Waals surface area contributed by atoms with Gasteiger partial charge < -0.3 is 10.6 Å². The molecule has 2 rings (SSSR count). The van der Waals surface area contributed by atoms with Gasteiger partial charge in [0.1, 0.15) is 0 Å². The molecule has 0 saturated carbocycles. The van der Waals surface area contributed by atoms with Gasteiger partial charge in [-0.05, 0) is 42.5 Å². The minimum Gasteiger partial charge on any atom is -0.398 e. The normalized spacial score (nSPS) is 10.4. The molecule has 0 fully saturated rings. The number of rotatable bonds is 4. The molecule has 0 bridgehead atoms. The van der Waals surface area contributed by atoms with Gasteiger partial charge in [0.25, 0.3) is 5.91 Å². The van der Waals surface area contributed by atoms with Crippen LogP contribution in [0.15, 0.2) is 35.7 Å². The van der Waals surface area contributed by atoms with Gasteiger partial charge in [0, 0.05) is 24.2 Å². The Morgan fingerprint density at radius 3 is 2.79 bits per heavy atom. The average molecular weight is 274 g/mol. The van der Waals surface area contributed by atoms with Gasteiger partial charge in [-0.2, -0.15) is 0 Å². The SMILES string of the molecule is Cc1ccc(C(=O)N(C)CCc2cccs2)c(N)c1. The average Bonchev–Trinajstić information content (AvgIpc) is 2.88. The summed E-state index contributed by atoms with van der Waals surface area (Å²) >= 11 is 1.71. The third-order valence-electron chi connectivity index (χ3n) is 3.06. The summed E-state index contributed by atoms with van der Waals surface area (Å²) in [7, 11) is 1.81. The van der Waals surface area contributed by atoms with Gasteiger partial charge in [-0.25, -0.2) is 0 Å². The van der Waals surface area contributed by atoms with Crippen molar-refractivity contribution < 1.29 is 4.79 Å². The van der Waals surface area contributed by atoms with Gasteiger partial charge in [-0.3, -0.25) is 4.79 Å². The van der Waals surface area contributed by atoms with Crippen LogP contribution in [-0.2, 0) is 6.42 Å². The fourth-order valence-corrected chi connectivity index (χ4v) is 2.62. The molecule has 0 atom stereocenters. The number of benzene rings is 1. The molecule has 19 heavy (non-hydrogen) atoms. The molecule has 0 aliphatic heterocycles. The molecule has 0 spiro atoms. The smallest absolute Gasteiger partial charge is 0.255 e. The van der Waals surface area contributed by atoms with Gasteiger partial charge in [0.05, 0.1) is 5.56 Å². The van der Waals surface area contributed by atoms with Gasteiger partial charge in [0.2, 0.25) is 0 Å². The van der Waals surface area contributed by atoms with Crippen LogP contribution < -0.4 is 5.73 Å². The fraction of sp³-hybridized carbons (Fsp3) is 0.267. The van der Waals surface area contributed by atoms with E-state index in [4.69, 9.17) is 5.73 Å². The Hall–Kier alpha value is -1.81. The zero-order chi connectivity index (χ0) is 13.8. The van der Waals surface area contributed by atoms with E-state index >= 15 is 0 Å². The first-order valence-electron chi connectivity index (χ1n) is 6.22. The number of hydrogen-bond donors (Lipinski definition) is 1. The maximum atomic E-state index is 12.3. The van der Waals surface area contributed by atoms with Crippen molar-refractivity contribution in [3.63, 3.8) is 0 Å². The van der Waals surface area contributed by atoms with Crippen molar-refractivity contribution in [3.05, 3.63) is 51.7 Å². The van der Waals surface area contributed by atoms with Crippen LogP contribution in [0.25, 0.3) is 0 Å². The number of thiophene rings is 1. The third kappa shape index (κ3) is 3.35. The third-order valence-corrected chi connectivity index (χ3v) is 3.99. The van der Waals surface area contributed by atoms with Crippen LogP contribution in [0.1, 0.15) is 20.8 Å². The molecule has 0 aliphatic carbocycles. The highest BCUT2D eigenvalue weighted by atomic mass is 32.1. The molecule has 0 saturated heterocycles. The number of anilines is 1.